The lowest BCUT2D eigenvalue weighted by molar-refractivity contribution is 0.0925. The molecule has 0 bridgehead atoms. The third-order valence-electron chi connectivity index (χ3n) is 8.79. The number of phenols is 1. The van der Waals surface area contributed by atoms with Crippen LogP contribution in [0.2, 0.25) is 0 Å². The largest absolute Gasteiger partial charge is 0.507 e. The summed E-state index contributed by atoms with van der Waals surface area (Å²) in [4.78, 5) is 34.6. The Morgan fingerprint density at radius 3 is 2.25 bits per heavy atom. The topological polar surface area (TPSA) is 122 Å². The van der Waals surface area contributed by atoms with E-state index >= 15 is 0 Å². The van der Waals surface area contributed by atoms with Crippen LogP contribution in [0.5, 0.6) is 5.75 Å². The molecule has 0 unspecified atom stereocenters. The maximum Gasteiger partial charge on any atom is 0.289 e. The van der Waals surface area contributed by atoms with Gasteiger partial charge in [-0.3, -0.25) is 19.2 Å². The molecule has 1 aromatic heterocycles. The number of benzene rings is 2. The second-order valence-corrected chi connectivity index (χ2v) is 12.1. The van der Waals surface area contributed by atoms with E-state index in [-0.39, 0.29) is 29.1 Å². The van der Waals surface area contributed by atoms with Crippen molar-refractivity contribution in [1.29, 1.82) is 0 Å². The van der Waals surface area contributed by atoms with Gasteiger partial charge in [0.1, 0.15) is 11.4 Å². The normalized spacial score (nSPS) is 17.3. The third kappa shape index (κ3) is 7.32. The van der Waals surface area contributed by atoms with Crippen molar-refractivity contribution in [1.82, 2.24) is 39.7 Å². The maximum atomic E-state index is 13.5. The summed E-state index contributed by atoms with van der Waals surface area (Å²) in [7, 11) is 2.15. The average Bonchev–Trinajstić information content (AvgIpc) is 3.47. The van der Waals surface area contributed by atoms with Gasteiger partial charge in [0.2, 0.25) is 5.82 Å². The van der Waals surface area contributed by atoms with Crippen molar-refractivity contribution in [2.24, 2.45) is 5.18 Å². The predicted octanol–water partition coefficient (Wildman–Crippen LogP) is 3.28. The molecule has 2 N–H and O–H groups in total. The Hall–Kier alpha value is -3.71. The number of hydrogen-bond donors (Lipinski definition) is 2. The molecule has 236 valence electrons. The predicted molar refractivity (Wildman–Crippen MR) is 172 cm³/mol. The number of piperazine rings is 2. The summed E-state index contributed by atoms with van der Waals surface area (Å²) in [5.74, 6) is -0.0656. The highest BCUT2D eigenvalue weighted by Gasteiger charge is 2.25. The highest BCUT2D eigenvalue weighted by Crippen LogP contribution is 2.38. The van der Waals surface area contributed by atoms with Crippen LogP contribution in [-0.2, 0) is 6.54 Å². The molecule has 3 aromatic rings. The molecule has 0 atom stereocenters. The molecule has 12 heteroatoms. The Bertz CT molecular complexity index is 1420. The SMILES string of the molecule is CCN1CCN(CCNC(=O)c2nnc(-c3cc(C(C)C)c(N=O)cc3O)n2-c2ccc(CN3CCN(C)CC3)cc2)CC1. The van der Waals surface area contributed by atoms with Crippen LogP contribution in [0.1, 0.15) is 48.4 Å². The fourth-order valence-electron chi connectivity index (χ4n) is 5.92. The van der Waals surface area contributed by atoms with Crippen LogP contribution in [-0.4, -0.2) is 124 Å². The van der Waals surface area contributed by atoms with Crippen LogP contribution in [0.3, 0.4) is 0 Å². The number of carbonyl (C=O) groups is 1. The van der Waals surface area contributed by atoms with Gasteiger partial charge in [-0.25, -0.2) is 0 Å². The second-order valence-electron chi connectivity index (χ2n) is 12.1. The van der Waals surface area contributed by atoms with E-state index in [0.717, 1.165) is 72.0 Å². The van der Waals surface area contributed by atoms with E-state index in [2.05, 4.69) is 66.4 Å². The molecule has 2 aromatic carbocycles. The summed E-state index contributed by atoms with van der Waals surface area (Å²) in [5, 5.41) is 25.8. The highest BCUT2D eigenvalue weighted by atomic mass is 16.3. The number of amides is 1. The van der Waals surface area contributed by atoms with Crippen molar-refractivity contribution < 1.29 is 9.90 Å². The molecule has 2 saturated heterocycles. The molecule has 0 radical (unpaired) electrons. The van der Waals surface area contributed by atoms with Crippen LogP contribution in [0.25, 0.3) is 17.1 Å². The zero-order valence-corrected chi connectivity index (χ0v) is 26.4. The number of nitrogens with zero attached hydrogens (tertiary/aromatic N) is 8. The maximum absolute atomic E-state index is 13.5. The summed E-state index contributed by atoms with van der Waals surface area (Å²) in [6.45, 7) is 17.4. The van der Waals surface area contributed by atoms with Gasteiger partial charge in [0.05, 0.1) is 5.56 Å². The first kappa shape index (κ1) is 31.7. The number of carbonyl (C=O) groups excluding carboxylic acids is 1. The Balaban J connectivity index is 1.42. The summed E-state index contributed by atoms with van der Waals surface area (Å²) < 4.78 is 1.68. The van der Waals surface area contributed by atoms with Gasteiger partial charge >= 0.3 is 0 Å². The molecule has 0 saturated carbocycles. The minimum atomic E-state index is -0.341. The van der Waals surface area contributed by atoms with Gasteiger partial charge in [0.15, 0.2) is 5.82 Å². The molecule has 1 amide bonds. The highest BCUT2D eigenvalue weighted by molar-refractivity contribution is 5.92. The van der Waals surface area contributed by atoms with E-state index in [4.69, 9.17) is 0 Å². The molecule has 2 aliphatic heterocycles. The summed E-state index contributed by atoms with van der Waals surface area (Å²) in [6, 6.07) is 11.1. The van der Waals surface area contributed by atoms with Crippen molar-refractivity contribution >= 4 is 11.6 Å². The molecular weight excluding hydrogens is 558 g/mol. The van der Waals surface area contributed by atoms with E-state index in [9.17, 15) is 14.8 Å². The monoisotopic (exact) mass is 603 g/mol. The number of nitroso groups, excluding NO2 is 1. The quantitative estimate of drug-likeness (QED) is 0.318. The molecule has 0 spiro atoms. The average molecular weight is 604 g/mol. The van der Waals surface area contributed by atoms with Gasteiger partial charge in [-0.1, -0.05) is 32.9 Å². The van der Waals surface area contributed by atoms with E-state index < -0.39 is 0 Å². The van der Waals surface area contributed by atoms with E-state index in [0.29, 0.717) is 29.2 Å². The molecule has 0 aliphatic carbocycles. The van der Waals surface area contributed by atoms with Crippen molar-refractivity contribution in [2.45, 2.75) is 33.2 Å². The zero-order chi connectivity index (χ0) is 31.2. The smallest absolute Gasteiger partial charge is 0.289 e. The van der Waals surface area contributed by atoms with Gasteiger partial charge in [0, 0.05) is 83.7 Å². The minimum Gasteiger partial charge on any atom is -0.507 e. The lowest BCUT2D eigenvalue weighted by atomic mass is 9.97. The Morgan fingerprint density at radius 1 is 0.955 bits per heavy atom. The molecule has 12 nitrogen and oxygen atoms in total. The third-order valence-corrected chi connectivity index (χ3v) is 8.79. The van der Waals surface area contributed by atoms with Crippen LogP contribution in [0.15, 0.2) is 41.6 Å². The lowest BCUT2D eigenvalue weighted by Gasteiger charge is -2.33. The first-order valence-electron chi connectivity index (χ1n) is 15.7. The molecular formula is C32H45N9O3. The molecule has 44 heavy (non-hydrogen) atoms. The van der Waals surface area contributed by atoms with Crippen LogP contribution >= 0.6 is 0 Å². The minimum absolute atomic E-state index is 0.0192. The van der Waals surface area contributed by atoms with Crippen molar-refractivity contribution in [2.75, 3.05) is 79.0 Å². The number of aromatic hydroxyl groups is 1. The number of likely N-dealkylation sites (N-methyl/N-ethyl adjacent to an activating group) is 2. The van der Waals surface area contributed by atoms with Crippen molar-refractivity contribution in [3.63, 3.8) is 0 Å². The fourth-order valence-corrected chi connectivity index (χ4v) is 5.92. The van der Waals surface area contributed by atoms with Gasteiger partial charge in [0.25, 0.3) is 5.91 Å². The van der Waals surface area contributed by atoms with Crippen LogP contribution < -0.4 is 5.32 Å². The number of rotatable bonds is 11. The van der Waals surface area contributed by atoms with Crippen LogP contribution in [0.4, 0.5) is 5.69 Å². The first-order valence-corrected chi connectivity index (χ1v) is 15.7. The number of nitrogens with one attached hydrogen (secondary N) is 1. The van der Waals surface area contributed by atoms with E-state index in [1.165, 1.54) is 11.6 Å². The summed E-state index contributed by atoms with van der Waals surface area (Å²) in [6.07, 6.45) is 0. The molecule has 2 fully saturated rings. The van der Waals surface area contributed by atoms with Crippen LogP contribution in [0, 0.1) is 4.91 Å². The molecule has 2 aliphatic rings. The van der Waals surface area contributed by atoms with Gasteiger partial charge in [-0.2, -0.15) is 0 Å². The summed E-state index contributed by atoms with van der Waals surface area (Å²) in [5.41, 5.74) is 3.12. The Labute approximate surface area is 259 Å². The summed E-state index contributed by atoms with van der Waals surface area (Å²) >= 11 is 0. The molecule has 3 heterocycles. The Morgan fingerprint density at radius 2 is 1.61 bits per heavy atom. The fraction of sp³-hybridized carbons (Fsp3) is 0.531. The van der Waals surface area contributed by atoms with Gasteiger partial charge in [-0.05, 0) is 54.0 Å². The van der Waals surface area contributed by atoms with Crippen molar-refractivity contribution in [3.8, 4) is 22.8 Å². The lowest BCUT2D eigenvalue weighted by Crippen LogP contribution is -2.48. The zero-order valence-electron chi connectivity index (χ0n) is 26.4. The number of aromatic nitrogens is 3. The second kappa shape index (κ2) is 14.4. The number of hydrogen-bond acceptors (Lipinski definition) is 10. The first-order chi connectivity index (χ1) is 21.3. The number of phenolic OH excluding ortho intramolecular Hbond substituents is 1. The molecule has 5 rings (SSSR count). The standard InChI is InChI=1S/C32H45N9O3/c1-5-38-16-18-39(19-17-38)11-10-33-32(43)31-35-34-30(27-20-26(23(2)3)28(36-44)21-29(27)42)41(31)25-8-6-24(7-9-25)22-40-14-12-37(4)13-15-40/h6-9,20-21,23,42H,5,10-19,22H2,1-4H3,(H,33,43). The van der Waals surface area contributed by atoms with E-state index in [1.54, 1.807) is 10.6 Å². The Kier molecular flexibility index (Phi) is 10.4. The van der Waals surface area contributed by atoms with Gasteiger partial charge in [-0.15, -0.1) is 15.1 Å². The van der Waals surface area contributed by atoms with Gasteiger partial charge < -0.3 is 20.2 Å². The van der Waals surface area contributed by atoms with Crippen molar-refractivity contribution in [3.05, 3.63) is 58.3 Å². The van der Waals surface area contributed by atoms with E-state index in [1.807, 2.05) is 26.0 Å².